The number of fused-ring (bicyclic) bond motifs is 1. The van der Waals surface area contributed by atoms with Gasteiger partial charge in [0.1, 0.15) is 6.04 Å². The molecule has 6 nitrogen and oxygen atoms in total. The van der Waals surface area contributed by atoms with Crippen LogP contribution in [0.15, 0.2) is 65.7 Å². The molecule has 1 unspecified atom stereocenters. The first kappa shape index (κ1) is 21.9. The molecular weight excluding hydrogens is 434 g/mol. The molecule has 0 saturated carbocycles. The predicted octanol–water partition coefficient (Wildman–Crippen LogP) is 4.34. The first-order chi connectivity index (χ1) is 15.9. The van der Waals surface area contributed by atoms with Crippen LogP contribution in [0.4, 0.5) is 0 Å². The van der Waals surface area contributed by atoms with Crippen LogP contribution in [0, 0.1) is 6.92 Å². The highest BCUT2D eigenvalue weighted by Gasteiger charge is 2.39. The van der Waals surface area contributed by atoms with Crippen LogP contribution >= 0.6 is 0 Å². The zero-order valence-electron chi connectivity index (χ0n) is 18.8. The molecule has 2 aliphatic rings. The number of piperidine rings is 1. The Hall–Kier alpha value is -2.90. The lowest BCUT2D eigenvalue weighted by molar-refractivity contribution is -0.135. The van der Waals surface area contributed by atoms with Crippen molar-refractivity contribution in [2.45, 2.75) is 43.5 Å². The Kier molecular flexibility index (Phi) is 5.85. The molecule has 33 heavy (non-hydrogen) atoms. The van der Waals surface area contributed by atoms with E-state index in [4.69, 9.17) is 0 Å². The Balaban J connectivity index is 1.35. The number of para-hydroxylation sites is 1. The van der Waals surface area contributed by atoms with Crippen LogP contribution in [0.1, 0.15) is 36.8 Å². The van der Waals surface area contributed by atoms with Crippen molar-refractivity contribution in [1.29, 1.82) is 0 Å². The third-order valence-electron chi connectivity index (χ3n) is 6.82. The number of amides is 1. The number of nitrogens with zero attached hydrogens (tertiary/aromatic N) is 2. The summed E-state index contributed by atoms with van der Waals surface area (Å²) in [5.41, 5.74) is 4.51. The molecule has 0 spiro atoms. The van der Waals surface area contributed by atoms with Crippen molar-refractivity contribution in [1.82, 2.24) is 14.2 Å². The summed E-state index contributed by atoms with van der Waals surface area (Å²) < 4.78 is 28.2. The molecular formula is C26H29N3O3S. The van der Waals surface area contributed by atoms with Crippen LogP contribution in [0.25, 0.3) is 16.5 Å². The maximum Gasteiger partial charge on any atom is 0.243 e. The number of benzene rings is 2. The Morgan fingerprint density at radius 3 is 2.58 bits per heavy atom. The lowest BCUT2D eigenvalue weighted by Gasteiger charge is -2.37. The monoisotopic (exact) mass is 463 g/mol. The molecule has 0 aliphatic carbocycles. The maximum atomic E-state index is 13.5. The van der Waals surface area contributed by atoms with E-state index in [1.807, 2.05) is 30.2 Å². The molecule has 0 radical (unpaired) electrons. The third kappa shape index (κ3) is 4.11. The number of hydrogen-bond acceptors (Lipinski definition) is 3. The summed E-state index contributed by atoms with van der Waals surface area (Å²) in [4.78, 5) is 18.9. The number of sulfonamides is 1. The zero-order chi connectivity index (χ0) is 23.0. The predicted molar refractivity (Wildman–Crippen MR) is 130 cm³/mol. The fourth-order valence-corrected chi connectivity index (χ4v) is 6.60. The van der Waals surface area contributed by atoms with Gasteiger partial charge in [-0.1, -0.05) is 48.4 Å². The molecule has 1 saturated heterocycles. The fraction of sp³-hybridized carbons (Fsp3) is 0.346. The molecule has 172 valence electrons. The standard InChI is InChI=1S/C26H29N3O3S/c1-19-9-11-21(12-10-19)33(31,32)29-15-5-4-8-25(29)26(30)28-16-13-20(14-17-28)23-18-27-24-7-3-2-6-22(23)24/h2-3,6-7,9-13,18,25,27H,4-5,8,14-17H2,1H3. The van der Waals surface area contributed by atoms with E-state index in [1.54, 1.807) is 24.3 Å². The number of hydrogen-bond donors (Lipinski definition) is 1. The van der Waals surface area contributed by atoms with Gasteiger partial charge in [-0.3, -0.25) is 4.79 Å². The van der Waals surface area contributed by atoms with Crippen LogP contribution in [0.3, 0.4) is 0 Å². The molecule has 3 aromatic rings. The molecule has 7 heteroatoms. The summed E-state index contributed by atoms with van der Waals surface area (Å²) in [5.74, 6) is -0.0837. The minimum atomic E-state index is -3.72. The number of rotatable bonds is 4. The number of aromatic amines is 1. The second-order valence-electron chi connectivity index (χ2n) is 8.95. The molecule has 1 aromatic heterocycles. The number of nitrogens with one attached hydrogen (secondary N) is 1. The number of H-pyrrole nitrogens is 1. The van der Waals surface area contributed by atoms with E-state index in [2.05, 4.69) is 23.2 Å². The van der Waals surface area contributed by atoms with Gasteiger partial charge in [0, 0.05) is 42.3 Å². The molecule has 1 N–H and O–H groups in total. The normalized spacial score (nSPS) is 20.1. The highest BCUT2D eigenvalue weighted by Crippen LogP contribution is 2.31. The zero-order valence-corrected chi connectivity index (χ0v) is 19.6. The number of aromatic nitrogens is 1. The first-order valence-corrected chi connectivity index (χ1v) is 13.0. The highest BCUT2D eigenvalue weighted by molar-refractivity contribution is 7.89. The van der Waals surface area contributed by atoms with Gasteiger partial charge in [0.25, 0.3) is 0 Å². The number of carbonyl (C=O) groups is 1. The summed E-state index contributed by atoms with van der Waals surface area (Å²) in [7, 11) is -3.72. The largest absolute Gasteiger partial charge is 0.361 e. The summed E-state index contributed by atoms with van der Waals surface area (Å²) in [6, 6.07) is 14.5. The van der Waals surface area contributed by atoms with Gasteiger partial charge in [0.2, 0.25) is 15.9 Å². The Morgan fingerprint density at radius 2 is 1.82 bits per heavy atom. The molecule has 3 heterocycles. The van der Waals surface area contributed by atoms with Gasteiger partial charge in [-0.25, -0.2) is 8.42 Å². The molecule has 1 amide bonds. The lowest BCUT2D eigenvalue weighted by atomic mass is 9.97. The van der Waals surface area contributed by atoms with E-state index < -0.39 is 16.1 Å². The van der Waals surface area contributed by atoms with Crippen LogP contribution in [0.5, 0.6) is 0 Å². The van der Waals surface area contributed by atoms with Crippen molar-refractivity contribution in [3.63, 3.8) is 0 Å². The summed E-state index contributed by atoms with van der Waals surface area (Å²) in [5, 5.41) is 1.19. The van der Waals surface area contributed by atoms with Crippen molar-refractivity contribution in [2.24, 2.45) is 0 Å². The summed E-state index contributed by atoms with van der Waals surface area (Å²) >= 11 is 0. The topological polar surface area (TPSA) is 73.5 Å². The molecule has 2 aromatic carbocycles. The molecule has 1 fully saturated rings. The van der Waals surface area contributed by atoms with E-state index in [0.29, 0.717) is 26.1 Å². The van der Waals surface area contributed by atoms with Gasteiger partial charge in [-0.15, -0.1) is 0 Å². The summed E-state index contributed by atoms with van der Waals surface area (Å²) in [6.45, 7) is 3.41. The van der Waals surface area contributed by atoms with E-state index in [0.717, 1.165) is 30.3 Å². The van der Waals surface area contributed by atoms with Crippen molar-refractivity contribution < 1.29 is 13.2 Å². The maximum absolute atomic E-state index is 13.5. The summed E-state index contributed by atoms with van der Waals surface area (Å²) in [6.07, 6.45) is 7.11. The van der Waals surface area contributed by atoms with Gasteiger partial charge >= 0.3 is 0 Å². The average molecular weight is 464 g/mol. The van der Waals surface area contributed by atoms with Crippen LogP contribution in [0.2, 0.25) is 0 Å². The van der Waals surface area contributed by atoms with E-state index in [1.165, 1.54) is 20.8 Å². The van der Waals surface area contributed by atoms with Gasteiger partial charge in [-0.05, 0) is 50.0 Å². The third-order valence-corrected chi connectivity index (χ3v) is 8.74. The molecule has 2 aliphatic heterocycles. The van der Waals surface area contributed by atoms with Crippen molar-refractivity contribution in [3.8, 4) is 0 Å². The lowest BCUT2D eigenvalue weighted by Crippen LogP contribution is -2.53. The highest BCUT2D eigenvalue weighted by atomic mass is 32.2. The van der Waals surface area contributed by atoms with E-state index in [9.17, 15) is 13.2 Å². The van der Waals surface area contributed by atoms with E-state index in [-0.39, 0.29) is 10.8 Å². The van der Waals surface area contributed by atoms with Crippen LogP contribution in [-0.2, 0) is 14.8 Å². The van der Waals surface area contributed by atoms with Gasteiger partial charge in [-0.2, -0.15) is 4.31 Å². The fourth-order valence-electron chi connectivity index (χ4n) is 4.95. The molecule has 1 atom stereocenters. The number of aryl methyl sites for hydroxylation is 1. The second kappa shape index (κ2) is 8.80. The van der Waals surface area contributed by atoms with Crippen LogP contribution in [-0.4, -0.2) is 54.2 Å². The van der Waals surface area contributed by atoms with E-state index >= 15 is 0 Å². The smallest absolute Gasteiger partial charge is 0.243 e. The SMILES string of the molecule is Cc1ccc(S(=O)(=O)N2CCCCC2C(=O)N2CC=C(c3c[nH]c4ccccc34)CC2)cc1. The van der Waals surface area contributed by atoms with Crippen LogP contribution < -0.4 is 0 Å². The Bertz CT molecular complexity index is 1310. The Labute approximate surface area is 194 Å². The minimum Gasteiger partial charge on any atom is -0.361 e. The van der Waals surface area contributed by atoms with Gasteiger partial charge < -0.3 is 9.88 Å². The number of carbonyl (C=O) groups excluding carboxylic acids is 1. The minimum absolute atomic E-state index is 0.0837. The van der Waals surface area contributed by atoms with Gasteiger partial charge in [0.05, 0.1) is 4.90 Å². The second-order valence-corrected chi connectivity index (χ2v) is 10.8. The van der Waals surface area contributed by atoms with Crippen molar-refractivity contribution >= 4 is 32.4 Å². The Morgan fingerprint density at radius 1 is 1.03 bits per heavy atom. The van der Waals surface area contributed by atoms with Crippen molar-refractivity contribution in [2.75, 3.05) is 19.6 Å². The molecule has 0 bridgehead atoms. The quantitative estimate of drug-likeness (QED) is 0.626. The first-order valence-electron chi connectivity index (χ1n) is 11.6. The van der Waals surface area contributed by atoms with Gasteiger partial charge in [0.15, 0.2) is 0 Å². The van der Waals surface area contributed by atoms with Crippen molar-refractivity contribution in [3.05, 3.63) is 71.9 Å². The molecule has 5 rings (SSSR count). The average Bonchev–Trinajstić information content (AvgIpc) is 3.28.